The fourth-order valence-corrected chi connectivity index (χ4v) is 7.64. The number of carbonyl (C=O) groups excluding carboxylic acids is 2. The first-order chi connectivity index (χ1) is 17.7. The predicted octanol–water partition coefficient (Wildman–Crippen LogP) is 8.88. The molecule has 170 valence electrons. The molecule has 0 atom stereocenters. The van der Waals surface area contributed by atoms with Gasteiger partial charge in [0.05, 0.1) is 9.40 Å². The summed E-state index contributed by atoms with van der Waals surface area (Å²) in [5.41, 5.74) is 2.15. The Morgan fingerprint density at radius 3 is 1.22 bits per heavy atom. The maximum absolute atomic E-state index is 14.3. The van der Waals surface area contributed by atoms with Crippen LogP contribution in [0.25, 0.3) is 40.3 Å². The van der Waals surface area contributed by atoms with E-state index in [1.54, 1.807) is 22.7 Å². The van der Waals surface area contributed by atoms with E-state index >= 15 is 0 Å². The van der Waals surface area contributed by atoms with E-state index in [4.69, 9.17) is 0 Å². The van der Waals surface area contributed by atoms with E-state index in [1.807, 2.05) is 84.9 Å². The van der Waals surface area contributed by atoms with Gasteiger partial charge in [-0.1, -0.05) is 97.1 Å². The van der Waals surface area contributed by atoms with Crippen LogP contribution in [0.4, 0.5) is 0 Å². The highest BCUT2D eigenvalue weighted by Crippen LogP contribution is 2.49. The summed E-state index contributed by atoms with van der Waals surface area (Å²) < 4.78 is 4.35. The fourth-order valence-electron chi connectivity index (χ4n) is 5.08. The third-order valence-corrected chi connectivity index (χ3v) is 9.18. The summed E-state index contributed by atoms with van der Waals surface area (Å²) in [4.78, 5) is 28.6. The molecule has 0 aliphatic heterocycles. The molecule has 0 saturated carbocycles. The Morgan fingerprint density at radius 2 is 0.806 bits per heavy atom. The summed E-state index contributed by atoms with van der Waals surface area (Å²) in [7, 11) is 0. The van der Waals surface area contributed by atoms with Crippen molar-refractivity contribution in [2.24, 2.45) is 0 Å². The van der Waals surface area contributed by atoms with E-state index in [0.717, 1.165) is 40.3 Å². The van der Waals surface area contributed by atoms with Crippen LogP contribution in [0.15, 0.2) is 109 Å². The summed E-state index contributed by atoms with van der Waals surface area (Å²) in [5, 5.41) is 3.78. The van der Waals surface area contributed by atoms with Crippen molar-refractivity contribution in [1.29, 1.82) is 0 Å². The van der Waals surface area contributed by atoms with Gasteiger partial charge < -0.3 is 0 Å². The standard InChI is InChI=1S/C32H18O2S2/c33-29(19-11-3-1-4-12-19)27-25-21-15-7-9-17-23(21)35-31(25)32-26(22-16-8-10-18-24(22)36-32)28(27)30(34)20-13-5-2-6-14-20/h1-18H. The lowest BCUT2D eigenvalue weighted by molar-refractivity contribution is 0.101. The van der Waals surface area contributed by atoms with Gasteiger partial charge in [0.25, 0.3) is 0 Å². The molecule has 0 aliphatic carbocycles. The van der Waals surface area contributed by atoms with Crippen LogP contribution in [0.1, 0.15) is 31.8 Å². The zero-order chi connectivity index (χ0) is 24.2. The van der Waals surface area contributed by atoms with Crippen molar-refractivity contribution in [3.05, 3.63) is 131 Å². The lowest BCUT2D eigenvalue weighted by Crippen LogP contribution is -2.12. The molecule has 2 aromatic heterocycles. The van der Waals surface area contributed by atoms with Gasteiger partial charge >= 0.3 is 0 Å². The van der Waals surface area contributed by atoms with Crippen molar-refractivity contribution in [1.82, 2.24) is 0 Å². The van der Waals surface area contributed by atoms with E-state index in [-0.39, 0.29) is 11.6 Å². The Bertz CT molecular complexity index is 1820. The van der Waals surface area contributed by atoms with Crippen LogP contribution in [-0.2, 0) is 0 Å². The molecule has 7 aromatic rings. The highest BCUT2D eigenvalue weighted by atomic mass is 32.1. The molecule has 0 unspecified atom stereocenters. The number of ketones is 2. The molecule has 7 rings (SSSR count). The average Bonchev–Trinajstić information content (AvgIpc) is 3.52. The first kappa shape index (κ1) is 21.2. The molecular weight excluding hydrogens is 480 g/mol. The van der Waals surface area contributed by atoms with Crippen LogP contribution < -0.4 is 0 Å². The second kappa shape index (κ2) is 8.23. The van der Waals surface area contributed by atoms with Crippen molar-refractivity contribution in [3.8, 4) is 0 Å². The van der Waals surface area contributed by atoms with Crippen molar-refractivity contribution in [2.45, 2.75) is 0 Å². The largest absolute Gasteiger partial charge is 0.289 e. The fraction of sp³-hybridized carbons (Fsp3) is 0. The molecule has 0 saturated heterocycles. The van der Waals surface area contributed by atoms with Crippen molar-refractivity contribution in [3.63, 3.8) is 0 Å². The van der Waals surface area contributed by atoms with Gasteiger partial charge in [-0.2, -0.15) is 0 Å². The van der Waals surface area contributed by atoms with Crippen molar-refractivity contribution in [2.75, 3.05) is 0 Å². The van der Waals surface area contributed by atoms with Gasteiger partial charge in [-0.25, -0.2) is 0 Å². The van der Waals surface area contributed by atoms with E-state index in [9.17, 15) is 9.59 Å². The molecule has 2 heterocycles. The van der Waals surface area contributed by atoms with Crippen LogP contribution in [0.5, 0.6) is 0 Å². The van der Waals surface area contributed by atoms with Crippen LogP contribution in [0.3, 0.4) is 0 Å². The molecule has 0 fully saturated rings. The van der Waals surface area contributed by atoms with Gasteiger partial charge in [0.1, 0.15) is 0 Å². The van der Waals surface area contributed by atoms with Gasteiger partial charge in [0, 0.05) is 53.2 Å². The monoisotopic (exact) mass is 498 g/mol. The Hall–Kier alpha value is -4.12. The van der Waals surface area contributed by atoms with Gasteiger partial charge in [-0.05, 0) is 12.1 Å². The molecule has 0 amide bonds. The lowest BCUT2D eigenvalue weighted by Gasteiger charge is -2.14. The molecule has 0 bridgehead atoms. The quantitative estimate of drug-likeness (QED) is 0.227. The number of carbonyl (C=O) groups is 2. The number of thiophene rings is 2. The zero-order valence-corrected chi connectivity index (χ0v) is 20.7. The van der Waals surface area contributed by atoms with Crippen LogP contribution in [0, 0.1) is 0 Å². The van der Waals surface area contributed by atoms with E-state index < -0.39 is 0 Å². The number of rotatable bonds is 4. The third-order valence-electron chi connectivity index (χ3n) is 6.67. The minimum absolute atomic E-state index is 0.124. The van der Waals surface area contributed by atoms with Crippen molar-refractivity contribution >= 4 is 74.6 Å². The molecule has 2 nitrogen and oxygen atoms in total. The topological polar surface area (TPSA) is 34.1 Å². The van der Waals surface area contributed by atoms with E-state index in [1.165, 1.54) is 0 Å². The van der Waals surface area contributed by atoms with Crippen molar-refractivity contribution < 1.29 is 9.59 Å². The van der Waals surface area contributed by atoms with E-state index in [0.29, 0.717) is 22.3 Å². The molecule has 0 radical (unpaired) electrons. The first-order valence-corrected chi connectivity index (χ1v) is 13.3. The SMILES string of the molecule is O=C(c1ccccc1)c1c(C(=O)c2ccccc2)c2c3ccccc3sc2c2sc3ccccc3c12. The molecule has 0 N–H and O–H groups in total. The predicted molar refractivity (Wildman–Crippen MR) is 152 cm³/mol. The summed E-state index contributed by atoms with van der Waals surface area (Å²) in [6.45, 7) is 0. The maximum Gasteiger partial charge on any atom is 0.194 e. The summed E-state index contributed by atoms with van der Waals surface area (Å²) in [6.07, 6.45) is 0. The first-order valence-electron chi connectivity index (χ1n) is 11.7. The Balaban J connectivity index is 1.75. The second-order valence-electron chi connectivity index (χ2n) is 8.74. The van der Waals surface area contributed by atoms with Gasteiger partial charge in [0.15, 0.2) is 11.6 Å². The smallest absolute Gasteiger partial charge is 0.194 e. The van der Waals surface area contributed by atoms with E-state index in [2.05, 4.69) is 24.3 Å². The highest BCUT2D eigenvalue weighted by Gasteiger charge is 2.30. The summed E-state index contributed by atoms with van der Waals surface area (Å²) in [5.74, 6) is -0.249. The van der Waals surface area contributed by atoms with Gasteiger partial charge in [-0.3, -0.25) is 9.59 Å². The number of fused-ring (bicyclic) bond motifs is 7. The molecule has 0 aliphatic rings. The highest BCUT2D eigenvalue weighted by molar-refractivity contribution is 7.33. The molecule has 4 heteroatoms. The Labute approximate surface area is 215 Å². The minimum Gasteiger partial charge on any atom is -0.289 e. The molecule has 5 aromatic carbocycles. The normalized spacial score (nSPS) is 11.6. The Morgan fingerprint density at radius 1 is 0.444 bits per heavy atom. The number of benzene rings is 5. The number of hydrogen-bond acceptors (Lipinski definition) is 4. The molecule has 0 spiro atoms. The van der Waals surface area contributed by atoms with Crippen LogP contribution in [-0.4, -0.2) is 11.6 Å². The molecular formula is C32H18O2S2. The third kappa shape index (κ3) is 3.08. The van der Waals surface area contributed by atoms with Crippen LogP contribution >= 0.6 is 22.7 Å². The number of hydrogen-bond donors (Lipinski definition) is 0. The van der Waals surface area contributed by atoms with Gasteiger partial charge in [0.2, 0.25) is 0 Å². The Kier molecular flexibility index (Phi) is 4.84. The minimum atomic E-state index is -0.124. The summed E-state index contributed by atoms with van der Waals surface area (Å²) in [6, 6.07) is 34.9. The lowest BCUT2D eigenvalue weighted by atomic mass is 9.87. The average molecular weight is 499 g/mol. The van der Waals surface area contributed by atoms with Gasteiger partial charge in [-0.15, -0.1) is 22.7 Å². The zero-order valence-electron chi connectivity index (χ0n) is 19.0. The maximum atomic E-state index is 14.3. The molecule has 36 heavy (non-hydrogen) atoms. The van der Waals surface area contributed by atoms with Crippen LogP contribution in [0.2, 0.25) is 0 Å². The second-order valence-corrected chi connectivity index (χ2v) is 10.8. The summed E-state index contributed by atoms with van der Waals surface area (Å²) >= 11 is 3.39.